The lowest BCUT2D eigenvalue weighted by molar-refractivity contribution is -0.918. The Morgan fingerprint density at radius 3 is 2.45 bits per heavy atom. The summed E-state index contributed by atoms with van der Waals surface area (Å²) in [6.07, 6.45) is 0.192. The zero-order valence-corrected chi connectivity index (χ0v) is 16.3. The Bertz CT molecular complexity index is 923. The molecule has 0 saturated carbocycles. The van der Waals surface area contributed by atoms with Crippen molar-refractivity contribution in [1.82, 2.24) is 4.90 Å². The van der Waals surface area contributed by atoms with Crippen LogP contribution >= 0.6 is 0 Å². The first-order valence-corrected chi connectivity index (χ1v) is 9.78. The van der Waals surface area contributed by atoms with Crippen molar-refractivity contribution < 1.29 is 24.0 Å². The molecule has 2 saturated heterocycles. The van der Waals surface area contributed by atoms with Crippen molar-refractivity contribution in [2.75, 3.05) is 38.2 Å². The van der Waals surface area contributed by atoms with Crippen molar-refractivity contribution in [2.45, 2.75) is 12.5 Å². The second kappa shape index (κ2) is 8.05. The van der Waals surface area contributed by atoms with Crippen LogP contribution in [-0.4, -0.2) is 62.0 Å². The molecule has 0 aromatic heterocycles. The van der Waals surface area contributed by atoms with E-state index in [4.69, 9.17) is 4.74 Å². The third-order valence-corrected chi connectivity index (χ3v) is 5.66. The number of quaternary nitrogens is 1. The lowest BCUT2D eigenvalue weighted by Gasteiger charge is -2.34. The maximum Gasteiger partial charge on any atom is 0.292 e. The van der Waals surface area contributed by atoms with Crippen molar-refractivity contribution in [3.63, 3.8) is 0 Å². The minimum absolute atomic E-state index is 0.0106. The number of hydrogen-bond donors (Lipinski definition) is 1. The third-order valence-electron chi connectivity index (χ3n) is 5.66. The fraction of sp³-hybridized carbons (Fsp3) is 0.318. The summed E-state index contributed by atoms with van der Waals surface area (Å²) in [5, 5.41) is 0. The molecule has 7 nitrogen and oxygen atoms in total. The average molecular weight is 394 g/mol. The van der Waals surface area contributed by atoms with Gasteiger partial charge >= 0.3 is 0 Å². The summed E-state index contributed by atoms with van der Waals surface area (Å²) >= 11 is 0. The summed E-state index contributed by atoms with van der Waals surface area (Å²) in [6, 6.07) is 15.8. The molecule has 2 heterocycles. The van der Waals surface area contributed by atoms with E-state index < -0.39 is 6.04 Å². The van der Waals surface area contributed by atoms with E-state index in [0.717, 1.165) is 4.90 Å². The first-order valence-electron chi connectivity index (χ1n) is 9.78. The van der Waals surface area contributed by atoms with Crippen LogP contribution in [0.5, 0.6) is 5.75 Å². The molecular formula is C22H24N3O4+. The Morgan fingerprint density at radius 2 is 1.76 bits per heavy atom. The number of methoxy groups -OCH3 is 1. The Labute approximate surface area is 169 Å². The first-order chi connectivity index (χ1) is 14.1. The summed E-state index contributed by atoms with van der Waals surface area (Å²) in [5.41, 5.74) is 1.21. The Balaban J connectivity index is 1.42. The van der Waals surface area contributed by atoms with Crippen LogP contribution < -0.4 is 14.5 Å². The van der Waals surface area contributed by atoms with Crippen LogP contribution in [-0.2, 0) is 9.59 Å². The van der Waals surface area contributed by atoms with Crippen molar-refractivity contribution in [1.29, 1.82) is 0 Å². The van der Waals surface area contributed by atoms with Gasteiger partial charge in [-0.1, -0.05) is 24.3 Å². The van der Waals surface area contributed by atoms with Crippen LogP contribution in [0.25, 0.3) is 0 Å². The number of amides is 3. The Kier molecular flexibility index (Phi) is 5.31. The number of piperazine rings is 1. The van der Waals surface area contributed by atoms with E-state index in [1.807, 2.05) is 35.2 Å². The molecule has 1 N–H and O–H groups in total. The smallest absolute Gasteiger partial charge is 0.292 e. The molecule has 2 aliphatic heterocycles. The normalized spacial score (nSPS) is 20.2. The van der Waals surface area contributed by atoms with Crippen LogP contribution in [0.3, 0.4) is 0 Å². The van der Waals surface area contributed by atoms with Crippen LogP contribution in [0.4, 0.5) is 5.69 Å². The molecule has 7 heteroatoms. The van der Waals surface area contributed by atoms with E-state index in [1.54, 1.807) is 31.4 Å². The predicted molar refractivity (Wildman–Crippen MR) is 107 cm³/mol. The van der Waals surface area contributed by atoms with Crippen LogP contribution in [0, 0.1) is 0 Å². The molecule has 2 aromatic carbocycles. The van der Waals surface area contributed by atoms with Crippen molar-refractivity contribution in [2.24, 2.45) is 0 Å². The molecule has 4 rings (SSSR count). The number of ether oxygens (including phenoxy) is 1. The highest BCUT2D eigenvalue weighted by atomic mass is 16.5. The summed E-state index contributed by atoms with van der Waals surface area (Å²) in [4.78, 5) is 42.4. The largest absolute Gasteiger partial charge is 0.497 e. The number of carbonyl (C=O) groups is 3. The number of hydrogen-bond acceptors (Lipinski definition) is 4. The van der Waals surface area contributed by atoms with E-state index in [-0.39, 0.29) is 24.1 Å². The predicted octanol–water partition coefficient (Wildman–Crippen LogP) is 0.368. The number of nitrogens with one attached hydrogen (secondary N) is 1. The molecular weight excluding hydrogens is 370 g/mol. The SMILES string of the molecule is COc1cccc(N2C(=O)C[C@@H]([NH+]3CCN(C(=O)c4ccccc4)CC3)C2=O)c1. The van der Waals surface area contributed by atoms with Gasteiger partial charge in [0.15, 0.2) is 6.04 Å². The number of anilines is 1. The highest BCUT2D eigenvalue weighted by molar-refractivity contribution is 6.21. The fourth-order valence-corrected chi connectivity index (χ4v) is 4.08. The highest BCUT2D eigenvalue weighted by Gasteiger charge is 2.46. The number of benzene rings is 2. The van der Waals surface area contributed by atoms with Crippen molar-refractivity contribution in [3.8, 4) is 5.75 Å². The summed E-state index contributed by atoms with van der Waals surface area (Å²) in [7, 11) is 1.55. The number of rotatable bonds is 4. The molecule has 0 radical (unpaired) electrons. The Morgan fingerprint density at radius 1 is 1.03 bits per heavy atom. The van der Waals surface area contributed by atoms with Gasteiger partial charge in [0.05, 0.1) is 45.4 Å². The van der Waals surface area contributed by atoms with Crippen LogP contribution in [0.1, 0.15) is 16.8 Å². The standard InChI is InChI=1S/C22H23N3O4/c1-29-18-9-5-8-17(14-18)25-20(26)15-19(22(25)28)23-10-12-24(13-11-23)21(27)16-6-3-2-4-7-16/h2-9,14,19H,10-13,15H2,1H3/p+1/t19-/m1/s1. The van der Waals surface area contributed by atoms with Crippen LogP contribution in [0.15, 0.2) is 54.6 Å². The summed E-state index contributed by atoms with van der Waals surface area (Å²) in [6.45, 7) is 2.43. The van der Waals surface area contributed by atoms with Gasteiger partial charge in [-0.05, 0) is 24.3 Å². The number of nitrogens with zero attached hydrogens (tertiary/aromatic N) is 2. The molecule has 150 valence electrons. The first kappa shape index (κ1) is 19.1. The van der Waals surface area contributed by atoms with Gasteiger partial charge in [0.2, 0.25) is 5.91 Å². The number of carbonyl (C=O) groups excluding carboxylic acids is 3. The molecule has 0 spiro atoms. The molecule has 1 atom stereocenters. The van der Waals surface area contributed by atoms with Gasteiger partial charge in [0.25, 0.3) is 11.8 Å². The molecule has 3 amide bonds. The average Bonchev–Trinajstić information content (AvgIpc) is 3.08. The quantitative estimate of drug-likeness (QED) is 0.761. The maximum atomic E-state index is 13.0. The van der Waals surface area contributed by atoms with E-state index >= 15 is 0 Å². The second-order valence-corrected chi connectivity index (χ2v) is 7.34. The fourth-order valence-electron chi connectivity index (χ4n) is 4.08. The molecule has 29 heavy (non-hydrogen) atoms. The third kappa shape index (κ3) is 3.73. The molecule has 2 aliphatic rings. The van der Waals surface area contributed by atoms with E-state index in [2.05, 4.69) is 0 Å². The second-order valence-electron chi connectivity index (χ2n) is 7.34. The van der Waals surface area contributed by atoms with Crippen LogP contribution in [0.2, 0.25) is 0 Å². The van der Waals surface area contributed by atoms with Crippen molar-refractivity contribution >= 4 is 23.4 Å². The molecule has 0 bridgehead atoms. The van der Waals surface area contributed by atoms with Gasteiger partial charge in [0.1, 0.15) is 5.75 Å². The minimum atomic E-state index is -0.400. The minimum Gasteiger partial charge on any atom is -0.497 e. The molecule has 0 unspecified atom stereocenters. The van der Waals surface area contributed by atoms with E-state index in [9.17, 15) is 14.4 Å². The van der Waals surface area contributed by atoms with Gasteiger partial charge in [0, 0.05) is 11.6 Å². The van der Waals surface area contributed by atoms with Gasteiger partial charge in [-0.2, -0.15) is 0 Å². The zero-order valence-electron chi connectivity index (χ0n) is 16.3. The van der Waals surface area contributed by atoms with E-state index in [0.29, 0.717) is 43.2 Å². The van der Waals surface area contributed by atoms with Gasteiger partial charge in [-0.25, -0.2) is 4.90 Å². The lowest BCUT2D eigenvalue weighted by Crippen LogP contribution is -3.19. The molecule has 2 fully saturated rings. The Hall–Kier alpha value is -3.19. The monoisotopic (exact) mass is 394 g/mol. The van der Waals surface area contributed by atoms with Gasteiger partial charge < -0.3 is 14.5 Å². The van der Waals surface area contributed by atoms with Gasteiger partial charge in [-0.15, -0.1) is 0 Å². The highest BCUT2D eigenvalue weighted by Crippen LogP contribution is 2.25. The number of imide groups is 1. The van der Waals surface area contributed by atoms with Gasteiger partial charge in [-0.3, -0.25) is 14.4 Å². The van der Waals surface area contributed by atoms with Crippen molar-refractivity contribution in [3.05, 3.63) is 60.2 Å². The topological polar surface area (TPSA) is 71.4 Å². The molecule has 2 aromatic rings. The maximum absolute atomic E-state index is 13.0. The lowest BCUT2D eigenvalue weighted by atomic mass is 10.1. The summed E-state index contributed by atoms with van der Waals surface area (Å²) in [5.74, 6) is 0.244. The van der Waals surface area contributed by atoms with E-state index in [1.165, 1.54) is 4.90 Å². The molecule has 0 aliphatic carbocycles. The zero-order chi connectivity index (χ0) is 20.4. The summed E-state index contributed by atoms with van der Waals surface area (Å²) < 4.78 is 5.21.